The quantitative estimate of drug-likeness (QED) is 0.822. The fraction of sp³-hybridized carbons (Fsp3) is 0.316. The molecule has 0 radical (unpaired) electrons. The summed E-state index contributed by atoms with van der Waals surface area (Å²) in [6.45, 7) is 3.35. The molecule has 0 spiro atoms. The van der Waals surface area contributed by atoms with Crippen molar-refractivity contribution in [3.8, 4) is 11.5 Å². The normalized spacial score (nSPS) is 11.2. The summed E-state index contributed by atoms with van der Waals surface area (Å²) in [4.78, 5) is 12.5. The summed E-state index contributed by atoms with van der Waals surface area (Å²) >= 11 is 0. The number of carbonyl (C=O) groups excluding carboxylic acids is 1. The fourth-order valence-electron chi connectivity index (χ4n) is 2.94. The van der Waals surface area contributed by atoms with Crippen LogP contribution in [0.2, 0.25) is 0 Å². The van der Waals surface area contributed by atoms with Crippen molar-refractivity contribution in [2.75, 3.05) is 19.5 Å². The largest absolute Gasteiger partial charge is 0.493 e. The lowest BCUT2D eigenvalue weighted by Gasteiger charge is -2.24. The van der Waals surface area contributed by atoms with Crippen molar-refractivity contribution in [1.82, 2.24) is 0 Å². The van der Waals surface area contributed by atoms with Gasteiger partial charge in [0.05, 0.1) is 19.9 Å². The highest BCUT2D eigenvalue weighted by Crippen LogP contribution is 2.50. The first-order valence-electron chi connectivity index (χ1n) is 7.97. The maximum atomic E-state index is 13.8. The predicted molar refractivity (Wildman–Crippen MR) is 93.1 cm³/mol. The van der Waals surface area contributed by atoms with Crippen LogP contribution in [0.3, 0.4) is 0 Å². The summed E-state index contributed by atoms with van der Waals surface area (Å²) in [7, 11) is 2.42. The highest BCUT2D eigenvalue weighted by Gasteiger charge is 2.41. The molecule has 0 aliphatic heterocycles. The second-order valence-electron chi connectivity index (χ2n) is 5.59. The molecular formula is C19H20F3NO3. The van der Waals surface area contributed by atoms with Gasteiger partial charge < -0.3 is 14.8 Å². The van der Waals surface area contributed by atoms with Gasteiger partial charge in [0.2, 0.25) is 0 Å². The zero-order chi connectivity index (χ0) is 19.5. The van der Waals surface area contributed by atoms with E-state index in [2.05, 4.69) is 5.32 Å². The van der Waals surface area contributed by atoms with Gasteiger partial charge in [-0.05, 0) is 31.0 Å². The maximum Gasteiger partial charge on any atom is 0.422 e. The molecule has 0 fully saturated rings. The van der Waals surface area contributed by atoms with Crippen LogP contribution in [0, 0.1) is 6.92 Å². The Morgan fingerprint density at radius 3 is 2.12 bits per heavy atom. The van der Waals surface area contributed by atoms with E-state index in [9.17, 15) is 18.0 Å². The minimum atomic E-state index is -4.74. The third-order valence-electron chi connectivity index (χ3n) is 4.10. The molecule has 0 heterocycles. The van der Waals surface area contributed by atoms with Crippen LogP contribution in [0.1, 0.15) is 34.0 Å². The molecule has 0 unspecified atom stereocenters. The molecule has 0 saturated heterocycles. The molecule has 0 aromatic heterocycles. The molecule has 2 aromatic carbocycles. The van der Waals surface area contributed by atoms with Gasteiger partial charge in [0.1, 0.15) is 5.56 Å². The second kappa shape index (κ2) is 7.68. The number of ether oxygens (including phenoxy) is 2. The van der Waals surface area contributed by atoms with Crippen LogP contribution in [0.5, 0.6) is 11.5 Å². The van der Waals surface area contributed by atoms with Crippen molar-refractivity contribution >= 4 is 11.6 Å². The maximum absolute atomic E-state index is 13.8. The van der Waals surface area contributed by atoms with Crippen LogP contribution in [-0.4, -0.2) is 20.1 Å². The second-order valence-corrected chi connectivity index (χ2v) is 5.59. The lowest BCUT2D eigenvalue weighted by atomic mass is 9.96. The molecule has 2 rings (SSSR count). The highest BCUT2D eigenvalue weighted by atomic mass is 19.4. The van der Waals surface area contributed by atoms with E-state index in [0.29, 0.717) is 11.1 Å². The number of carbonyl (C=O) groups is 1. The molecule has 2 aromatic rings. The molecule has 0 atom stereocenters. The Labute approximate surface area is 149 Å². The van der Waals surface area contributed by atoms with Crippen molar-refractivity contribution < 1.29 is 27.4 Å². The van der Waals surface area contributed by atoms with Crippen LogP contribution in [0.25, 0.3) is 0 Å². The van der Waals surface area contributed by atoms with Crippen molar-refractivity contribution in [3.63, 3.8) is 0 Å². The molecule has 0 aliphatic carbocycles. The monoisotopic (exact) mass is 367 g/mol. The lowest BCUT2D eigenvalue weighted by Crippen LogP contribution is -2.20. The number of halogens is 3. The van der Waals surface area contributed by atoms with Crippen LogP contribution in [0.15, 0.2) is 30.3 Å². The Morgan fingerprint density at radius 1 is 1.08 bits per heavy atom. The van der Waals surface area contributed by atoms with E-state index in [1.54, 1.807) is 32.0 Å². The zero-order valence-corrected chi connectivity index (χ0v) is 15.0. The summed E-state index contributed by atoms with van der Waals surface area (Å²) in [5, 5.41) is 2.43. The van der Waals surface area contributed by atoms with Gasteiger partial charge in [-0.25, -0.2) is 0 Å². The van der Waals surface area contributed by atoms with E-state index in [4.69, 9.17) is 9.47 Å². The van der Waals surface area contributed by atoms with Gasteiger partial charge in [-0.1, -0.05) is 25.1 Å². The summed E-state index contributed by atoms with van der Waals surface area (Å²) in [5.74, 6) is -1.06. The van der Waals surface area contributed by atoms with Gasteiger partial charge in [0.25, 0.3) is 5.91 Å². The van der Waals surface area contributed by atoms with E-state index in [0.717, 1.165) is 7.11 Å². The SMILES string of the molecule is CCc1c(C)c(OC)c(OC)c(C(F)(F)F)c1NC(=O)c1ccccc1. The number of benzene rings is 2. The number of anilines is 1. The standard InChI is InChI=1S/C19H20F3NO3/c1-5-13-11(2)16(25-3)17(26-4)14(19(20,21)22)15(13)23-18(24)12-9-7-6-8-10-12/h6-10H,5H2,1-4H3,(H,23,24). The number of nitrogens with one attached hydrogen (secondary N) is 1. The highest BCUT2D eigenvalue weighted by molar-refractivity contribution is 6.05. The summed E-state index contributed by atoms with van der Waals surface area (Å²) in [6, 6.07) is 8.06. The molecule has 0 aliphatic rings. The minimum Gasteiger partial charge on any atom is -0.493 e. The van der Waals surface area contributed by atoms with Gasteiger partial charge >= 0.3 is 6.18 Å². The van der Waals surface area contributed by atoms with E-state index < -0.39 is 23.4 Å². The predicted octanol–water partition coefficient (Wildman–Crippen LogP) is 4.85. The van der Waals surface area contributed by atoms with Crippen LogP contribution in [-0.2, 0) is 12.6 Å². The van der Waals surface area contributed by atoms with E-state index in [1.165, 1.54) is 19.2 Å². The Morgan fingerprint density at radius 2 is 1.65 bits per heavy atom. The third-order valence-corrected chi connectivity index (χ3v) is 4.10. The van der Waals surface area contributed by atoms with Gasteiger partial charge in [-0.2, -0.15) is 13.2 Å². The first kappa shape index (κ1) is 19.6. The lowest BCUT2D eigenvalue weighted by molar-refractivity contribution is -0.138. The molecule has 26 heavy (non-hydrogen) atoms. The van der Waals surface area contributed by atoms with Gasteiger partial charge in [-0.3, -0.25) is 4.79 Å². The van der Waals surface area contributed by atoms with E-state index in [1.807, 2.05) is 0 Å². The van der Waals surface area contributed by atoms with Crippen LogP contribution >= 0.6 is 0 Å². The number of rotatable bonds is 5. The molecule has 140 valence electrons. The van der Waals surface area contributed by atoms with E-state index >= 15 is 0 Å². The van der Waals surface area contributed by atoms with Crippen molar-refractivity contribution in [2.45, 2.75) is 26.4 Å². The fourth-order valence-corrected chi connectivity index (χ4v) is 2.94. The van der Waals surface area contributed by atoms with E-state index in [-0.39, 0.29) is 23.4 Å². The molecule has 1 N–H and O–H groups in total. The average Bonchev–Trinajstić information content (AvgIpc) is 2.60. The first-order chi connectivity index (χ1) is 12.3. The molecular weight excluding hydrogens is 347 g/mol. The third kappa shape index (κ3) is 3.61. The number of hydrogen-bond acceptors (Lipinski definition) is 3. The Balaban J connectivity index is 2.73. The summed E-state index contributed by atoms with van der Waals surface area (Å²) in [6.07, 6.45) is -4.46. The van der Waals surface area contributed by atoms with Gasteiger partial charge in [0.15, 0.2) is 11.5 Å². The number of amides is 1. The smallest absolute Gasteiger partial charge is 0.422 e. The Hall–Kier alpha value is -2.70. The zero-order valence-electron chi connectivity index (χ0n) is 15.0. The Kier molecular flexibility index (Phi) is 5.79. The molecule has 1 amide bonds. The summed E-state index contributed by atoms with van der Waals surface area (Å²) < 4.78 is 51.6. The minimum absolute atomic E-state index is 0.00869. The van der Waals surface area contributed by atoms with Gasteiger partial charge in [0, 0.05) is 11.1 Å². The van der Waals surface area contributed by atoms with Crippen LogP contribution in [0.4, 0.5) is 18.9 Å². The molecule has 0 saturated carbocycles. The van der Waals surface area contributed by atoms with Crippen molar-refractivity contribution in [2.24, 2.45) is 0 Å². The van der Waals surface area contributed by atoms with Gasteiger partial charge in [-0.15, -0.1) is 0 Å². The molecule has 4 nitrogen and oxygen atoms in total. The topological polar surface area (TPSA) is 47.6 Å². The van der Waals surface area contributed by atoms with Crippen molar-refractivity contribution in [1.29, 1.82) is 0 Å². The number of methoxy groups -OCH3 is 2. The molecule has 0 bridgehead atoms. The Bertz CT molecular complexity index is 802. The first-order valence-corrected chi connectivity index (χ1v) is 7.97. The average molecular weight is 367 g/mol. The number of alkyl halides is 3. The number of hydrogen-bond donors (Lipinski definition) is 1. The van der Waals surface area contributed by atoms with Crippen molar-refractivity contribution in [3.05, 3.63) is 52.6 Å². The summed E-state index contributed by atoms with van der Waals surface area (Å²) in [5.41, 5.74) is -0.259. The molecule has 7 heteroatoms. The van der Waals surface area contributed by atoms with Crippen LogP contribution < -0.4 is 14.8 Å².